The quantitative estimate of drug-likeness (QED) is 0.730. The molecule has 6 heteroatoms. The van der Waals surface area contributed by atoms with Crippen molar-refractivity contribution in [1.29, 1.82) is 0 Å². The van der Waals surface area contributed by atoms with E-state index >= 15 is 0 Å². The van der Waals surface area contributed by atoms with E-state index in [1.54, 1.807) is 0 Å². The van der Waals surface area contributed by atoms with Crippen molar-refractivity contribution in [3.63, 3.8) is 0 Å². The van der Waals surface area contributed by atoms with Crippen LogP contribution in [0.4, 0.5) is 0 Å². The fourth-order valence-electron chi connectivity index (χ4n) is 2.16. The summed E-state index contributed by atoms with van der Waals surface area (Å²) in [6, 6.07) is 7.64. The van der Waals surface area contributed by atoms with Crippen molar-refractivity contribution in [2.75, 3.05) is 6.54 Å². The molecule has 2 rings (SSSR count). The van der Waals surface area contributed by atoms with E-state index in [1.807, 2.05) is 24.3 Å². The van der Waals surface area contributed by atoms with Gasteiger partial charge in [-0.15, -0.1) is 0 Å². The van der Waals surface area contributed by atoms with E-state index in [0.717, 1.165) is 22.9 Å². The van der Waals surface area contributed by atoms with E-state index < -0.39 is 17.5 Å². The zero-order chi connectivity index (χ0) is 14.8. The van der Waals surface area contributed by atoms with Crippen molar-refractivity contribution < 1.29 is 19.8 Å². The Kier molecular flexibility index (Phi) is 4.45. The van der Waals surface area contributed by atoms with Gasteiger partial charge in [0.1, 0.15) is 0 Å². The highest BCUT2D eigenvalue weighted by atomic mass is 79.9. The van der Waals surface area contributed by atoms with E-state index in [0.29, 0.717) is 0 Å². The molecule has 0 spiro atoms. The minimum Gasteiger partial charge on any atom is -0.479 e. The second kappa shape index (κ2) is 5.93. The first kappa shape index (κ1) is 15.0. The summed E-state index contributed by atoms with van der Waals surface area (Å²) < 4.78 is 0.960. The topological polar surface area (TPSA) is 86.6 Å². The monoisotopic (exact) mass is 341 g/mol. The molecule has 1 amide bonds. The van der Waals surface area contributed by atoms with Crippen LogP contribution in [-0.2, 0) is 15.0 Å². The highest BCUT2D eigenvalue weighted by Crippen LogP contribution is 2.48. The number of carboxylic acids is 1. The fraction of sp³-hybridized carbons (Fsp3) is 0.429. The molecule has 108 valence electrons. The van der Waals surface area contributed by atoms with Gasteiger partial charge in [-0.05, 0) is 30.5 Å². The van der Waals surface area contributed by atoms with Crippen LogP contribution in [0.5, 0.6) is 0 Å². The molecule has 0 saturated heterocycles. The lowest BCUT2D eigenvalue weighted by molar-refractivity contribution is -0.147. The molecule has 1 aliphatic rings. The second-order valence-corrected chi connectivity index (χ2v) is 5.90. The molecule has 1 saturated carbocycles. The SMILES string of the molecule is O=C(O)[C@@H](O)CCNC(=O)C1(c2ccc(Br)cc2)CC1. The predicted octanol–water partition coefficient (Wildman–Crippen LogP) is 1.43. The minimum atomic E-state index is -1.43. The van der Waals surface area contributed by atoms with Crippen molar-refractivity contribution in [3.05, 3.63) is 34.3 Å². The number of carbonyl (C=O) groups is 2. The molecule has 3 N–H and O–H groups in total. The Morgan fingerprint density at radius 2 is 1.90 bits per heavy atom. The van der Waals surface area contributed by atoms with E-state index in [2.05, 4.69) is 21.2 Å². The van der Waals surface area contributed by atoms with Crippen LogP contribution in [0.3, 0.4) is 0 Å². The fourth-order valence-corrected chi connectivity index (χ4v) is 2.42. The average Bonchev–Trinajstić information content (AvgIpc) is 3.20. The number of aliphatic hydroxyl groups is 1. The maximum Gasteiger partial charge on any atom is 0.332 e. The molecule has 0 radical (unpaired) electrons. The molecule has 1 aromatic rings. The van der Waals surface area contributed by atoms with Crippen LogP contribution in [0.2, 0.25) is 0 Å². The van der Waals surface area contributed by atoms with Crippen LogP contribution in [-0.4, -0.2) is 34.7 Å². The van der Waals surface area contributed by atoms with Crippen LogP contribution in [0.1, 0.15) is 24.8 Å². The Hall–Kier alpha value is -1.40. The molecule has 1 aliphatic carbocycles. The van der Waals surface area contributed by atoms with Crippen molar-refractivity contribution in [2.24, 2.45) is 0 Å². The maximum absolute atomic E-state index is 12.2. The summed E-state index contributed by atoms with van der Waals surface area (Å²) in [5.41, 5.74) is 0.492. The van der Waals surface area contributed by atoms with Gasteiger partial charge in [0.05, 0.1) is 5.41 Å². The highest BCUT2D eigenvalue weighted by Gasteiger charge is 2.50. The number of aliphatic carboxylic acids is 1. The molecule has 20 heavy (non-hydrogen) atoms. The van der Waals surface area contributed by atoms with Crippen LogP contribution in [0.15, 0.2) is 28.7 Å². The molecular weight excluding hydrogens is 326 g/mol. The molecule has 5 nitrogen and oxygen atoms in total. The first-order chi connectivity index (χ1) is 9.45. The average molecular weight is 342 g/mol. The third kappa shape index (κ3) is 3.19. The Labute approximate surface area is 125 Å². The van der Waals surface area contributed by atoms with Crippen LogP contribution < -0.4 is 5.32 Å². The number of carboxylic acid groups (broad SMARTS) is 1. The third-order valence-electron chi connectivity index (χ3n) is 3.57. The Bertz CT molecular complexity index is 510. The zero-order valence-corrected chi connectivity index (χ0v) is 12.4. The van der Waals surface area contributed by atoms with Gasteiger partial charge in [-0.3, -0.25) is 4.79 Å². The summed E-state index contributed by atoms with van der Waals surface area (Å²) in [5, 5.41) is 20.4. The van der Waals surface area contributed by atoms with Gasteiger partial charge in [-0.25, -0.2) is 4.79 Å². The van der Waals surface area contributed by atoms with Crippen LogP contribution in [0, 0.1) is 0 Å². The van der Waals surface area contributed by atoms with Gasteiger partial charge < -0.3 is 15.5 Å². The van der Waals surface area contributed by atoms with Gasteiger partial charge in [0.2, 0.25) is 5.91 Å². The molecule has 0 bridgehead atoms. The van der Waals surface area contributed by atoms with Gasteiger partial charge >= 0.3 is 5.97 Å². The van der Waals surface area contributed by atoms with Crippen LogP contribution >= 0.6 is 15.9 Å². The molecular formula is C14H16BrNO4. The number of rotatable bonds is 6. The minimum absolute atomic E-state index is 0.0114. The van der Waals surface area contributed by atoms with Crippen molar-refractivity contribution >= 4 is 27.8 Å². The zero-order valence-electron chi connectivity index (χ0n) is 10.8. The lowest BCUT2D eigenvalue weighted by Crippen LogP contribution is -2.37. The number of halogens is 1. The number of hydrogen-bond donors (Lipinski definition) is 3. The second-order valence-electron chi connectivity index (χ2n) is 4.99. The van der Waals surface area contributed by atoms with Crippen molar-refractivity contribution in [3.8, 4) is 0 Å². The van der Waals surface area contributed by atoms with E-state index in [-0.39, 0.29) is 18.9 Å². The molecule has 1 aromatic carbocycles. The summed E-state index contributed by atoms with van der Waals surface area (Å²) >= 11 is 3.36. The van der Waals surface area contributed by atoms with Gasteiger partial charge in [-0.2, -0.15) is 0 Å². The molecule has 0 aliphatic heterocycles. The number of aliphatic hydroxyl groups excluding tert-OH is 1. The summed E-state index contributed by atoms with van der Waals surface area (Å²) in [6.45, 7) is 0.157. The maximum atomic E-state index is 12.2. The van der Waals surface area contributed by atoms with E-state index in [4.69, 9.17) is 10.2 Å². The normalized spacial score (nSPS) is 17.3. The third-order valence-corrected chi connectivity index (χ3v) is 4.10. The smallest absolute Gasteiger partial charge is 0.332 e. The Morgan fingerprint density at radius 3 is 2.40 bits per heavy atom. The van der Waals surface area contributed by atoms with Gasteiger partial charge in [-0.1, -0.05) is 28.1 Å². The summed E-state index contributed by atoms with van der Waals surface area (Å²) in [6.07, 6.45) is 0.166. The molecule has 0 heterocycles. The van der Waals surface area contributed by atoms with Gasteiger partial charge in [0, 0.05) is 17.4 Å². The molecule has 0 unspecified atom stereocenters. The largest absolute Gasteiger partial charge is 0.479 e. The van der Waals surface area contributed by atoms with Crippen molar-refractivity contribution in [2.45, 2.75) is 30.8 Å². The number of nitrogens with one attached hydrogen (secondary N) is 1. The molecule has 1 atom stereocenters. The van der Waals surface area contributed by atoms with Crippen molar-refractivity contribution in [1.82, 2.24) is 5.32 Å². The van der Waals surface area contributed by atoms with Crippen LogP contribution in [0.25, 0.3) is 0 Å². The lowest BCUT2D eigenvalue weighted by atomic mass is 9.95. The van der Waals surface area contributed by atoms with Gasteiger partial charge in [0.25, 0.3) is 0 Å². The molecule has 1 fully saturated rings. The predicted molar refractivity (Wildman–Crippen MR) is 76.3 cm³/mol. The lowest BCUT2D eigenvalue weighted by Gasteiger charge is -2.16. The molecule has 0 aromatic heterocycles. The number of carbonyl (C=O) groups excluding carboxylic acids is 1. The van der Waals surface area contributed by atoms with E-state index in [9.17, 15) is 9.59 Å². The number of benzene rings is 1. The van der Waals surface area contributed by atoms with E-state index in [1.165, 1.54) is 0 Å². The number of hydrogen-bond acceptors (Lipinski definition) is 3. The summed E-state index contributed by atoms with van der Waals surface area (Å²) in [4.78, 5) is 22.7. The van der Waals surface area contributed by atoms with Gasteiger partial charge in [0.15, 0.2) is 6.10 Å². The standard InChI is InChI=1S/C14H16BrNO4/c15-10-3-1-9(2-4-10)14(6-7-14)13(20)16-8-5-11(17)12(18)19/h1-4,11,17H,5-8H2,(H,16,20)(H,18,19)/t11-/m0/s1. The summed E-state index contributed by atoms with van der Waals surface area (Å²) in [7, 11) is 0. The highest BCUT2D eigenvalue weighted by molar-refractivity contribution is 9.10. The Balaban J connectivity index is 1.92. The summed E-state index contributed by atoms with van der Waals surface area (Å²) in [5.74, 6) is -1.37. The number of amides is 1. The Morgan fingerprint density at radius 1 is 1.30 bits per heavy atom. The first-order valence-electron chi connectivity index (χ1n) is 6.41. The first-order valence-corrected chi connectivity index (χ1v) is 7.20.